The quantitative estimate of drug-likeness (QED) is 0.835. The average molecular weight is 303 g/mol. The molecule has 1 aliphatic carbocycles. The Balaban J connectivity index is 1.75. The molecule has 114 valence electrons. The second kappa shape index (κ2) is 6.05. The average Bonchev–Trinajstić information content (AvgIpc) is 3.11. The van der Waals surface area contributed by atoms with E-state index in [4.69, 9.17) is 4.42 Å². The molecule has 21 heavy (non-hydrogen) atoms. The minimum atomic E-state index is 0.266. The Kier molecular flexibility index (Phi) is 4.32. The number of rotatable bonds is 5. The SMILES string of the molecule is CSC1(CNC(C)c2oc3ccccc3c2C)CCCC1. The van der Waals surface area contributed by atoms with Crippen molar-refractivity contribution < 1.29 is 4.42 Å². The van der Waals surface area contributed by atoms with Crippen molar-refractivity contribution >= 4 is 22.7 Å². The zero-order valence-corrected chi connectivity index (χ0v) is 14.1. The third-order valence-electron chi connectivity index (χ3n) is 4.95. The van der Waals surface area contributed by atoms with Crippen LogP contribution in [0.1, 0.15) is 50.0 Å². The van der Waals surface area contributed by atoms with E-state index < -0.39 is 0 Å². The summed E-state index contributed by atoms with van der Waals surface area (Å²) in [6, 6.07) is 8.58. The lowest BCUT2D eigenvalue weighted by atomic mass is 10.1. The first-order valence-electron chi connectivity index (χ1n) is 7.92. The van der Waals surface area contributed by atoms with E-state index in [1.165, 1.54) is 36.6 Å². The maximum atomic E-state index is 6.07. The van der Waals surface area contributed by atoms with Gasteiger partial charge in [0, 0.05) is 16.7 Å². The molecule has 3 heteroatoms. The standard InChI is InChI=1S/C18H25NOS/c1-13-15-8-4-5-9-16(15)20-17(13)14(2)19-12-18(21-3)10-6-7-11-18/h4-5,8-9,14,19H,6-7,10-12H2,1-3H3. The zero-order valence-electron chi connectivity index (χ0n) is 13.2. The molecule has 1 atom stereocenters. The van der Waals surface area contributed by atoms with Crippen LogP contribution >= 0.6 is 11.8 Å². The first-order valence-corrected chi connectivity index (χ1v) is 9.14. The highest BCUT2D eigenvalue weighted by Gasteiger charge is 2.33. The summed E-state index contributed by atoms with van der Waals surface area (Å²) >= 11 is 2.03. The molecule has 2 aromatic rings. The van der Waals surface area contributed by atoms with Crippen LogP contribution < -0.4 is 5.32 Å². The minimum absolute atomic E-state index is 0.266. The van der Waals surface area contributed by atoms with Crippen molar-refractivity contribution in [1.29, 1.82) is 0 Å². The summed E-state index contributed by atoms with van der Waals surface area (Å²) in [5.41, 5.74) is 2.27. The molecule has 1 unspecified atom stereocenters. The van der Waals surface area contributed by atoms with E-state index in [1.54, 1.807) is 0 Å². The van der Waals surface area contributed by atoms with Crippen LogP contribution in [0.25, 0.3) is 11.0 Å². The molecule has 0 radical (unpaired) electrons. The monoisotopic (exact) mass is 303 g/mol. The van der Waals surface area contributed by atoms with Crippen LogP contribution in [-0.2, 0) is 0 Å². The molecule has 2 nitrogen and oxygen atoms in total. The summed E-state index contributed by atoms with van der Waals surface area (Å²) in [5, 5.41) is 4.96. The van der Waals surface area contributed by atoms with Crippen molar-refractivity contribution in [3.63, 3.8) is 0 Å². The van der Waals surface area contributed by atoms with Gasteiger partial charge in [0.1, 0.15) is 11.3 Å². The number of furan rings is 1. The minimum Gasteiger partial charge on any atom is -0.459 e. The predicted octanol–water partition coefficient (Wildman–Crippen LogP) is 5.07. The molecule has 1 aliphatic rings. The van der Waals surface area contributed by atoms with E-state index in [-0.39, 0.29) is 6.04 Å². The van der Waals surface area contributed by atoms with Crippen molar-refractivity contribution in [2.24, 2.45) is 0 Å². The number of thioether (sulfide) groups is 1. The van der Waals surface area contributed by atoms with E-state index in [0.717, 1.165) is 17.9 Å². The number of benzene rings is 1. The zero-order chi connectivity index (χ0) is 14.9. The lowest BCUT2D eigenvalue weighted by molar-refractivity contribution is 0.422. The molecule has 1 heterocycles. The number of para-hydroxylation sites is 1. The van der Waals surface area contributed by atoms with Gasteiger partial charge >= 0.3 is 0 Å². The number of nitrogens with one attached hydrogen (secondary N) is 1. The molecule has 0 spiro atoms. The molecule has 0 aliphatic heterocycles. The Morgan fingerprint density at radius 1 is 1.29 bits per heavy atom. The molecular formula is C18H25NOS. The van der Waals surface area contributed by atoms with Crippen molar-refractivity contribution in [1.82, 2.24) is 5.32 Å². The van der Waals surface area contributed by atoms with Gasteiger partial charge in [0.05, 0.1) is 6.04 Å². The van der Waals surface area contributed by atoms with E-state index >= 15 is 0 Å². The first-order chi connectivity index (χ1) is 10.2. The lowest BCUT2D eigenvalue weighted by Crippen LogP contribution is -2.36. The molecule has 1 aromatic heterocycles. The Morgan fingerprint density at radius 2 is 2.00 bits per heavy atom. The number of hydrogen-bond acceptors (Lipinski definition) is 3. The maximum absolute atomic E-state index is 6.07. The molecule has 1 fully saturated rings. The van der Waals surface area contributed by atoms with Gasteiger partial charge in [-0.15, -0.1) is 0 Å². The van der Waals surface area contributed by atoms with Gasteiger partial charge in [0.15, 0.2) is 0 Å². The van der Waals surface area contributed by atoms with Crippen molar-refractivity contribution in [3.8, 4) is 0 Å². The van der Waals surface area contributed by atoms with Crippen LogP contribution in [0.5, 0.6) is 0 Å². The van der Waals surface area contributed by atoms with Crippen molar-refractivity contribution in [2.75, 3.05) is 12.8 Å². The third kappa shape index (κ3) is 2.86. The Bertz CT molecular complexity index is 613. The van der Waals surface area contributed by atoms with E-state index in [2.05, 4.69) is 43.6 Å². The number of fused-ring (bicyclic) bond motifs is 1. The highest BCUT2D eigenvalue weighted by Crippen LogP contribution is 2.40. The molecule has 1 aromatic carbocycles. The van der Waals surface area contributed by atoms with Crippen molar-refractivity contribution in [2.45, 2.75) is 50.3 Å². The van der Waals surface area contributed by atoms with Crippen molar-refractivity contribution in [3.05, 3.63) is 35.6 Å². The number of aryl methyl sites for hydroxylation is 1. The normalized spacial score (nSPS) is 19.2. The maximum Gasteiger partial charge on any atom is 0.134 e. The molecular weight excluding hydrogens is 278 g/mol. The van der Waals surface area contributed by atoms with Gasteiger partial charge in [0.2, 0.25) is 0 Å². The highest BCUT2D eigenvalue weighted by atomic mass is 32.2. The van der Waals surface area contributed by atoms with Crippen LogP contribution in [0.4, 0.5) is 0 Å². The second-order valence-corrected chi connectivity index (χ2v) is 7.56. The van der Waals surface area contributed by atoms with Crippen LogP contribution in [0.2, 0.25) is 0 Å². The van der Waals surface area contributed by atoms with Gasteiger partial charge in [-0.05, 0) is 44.6 Å². The second-order valence-electron chi connectivity index (χ2n) is 6.28. The highest BCUT2D eigenvalue weighted by molar-refractivity contribution is 8.00. The van der Waals surface area contributed by atoms with Gasteiger partial charge in [-0.1, -0.05) is 31.0 Å². The summed E-state index contributed by atoms with van der Waals surface area (Å²) in [4.78, 5) is 0. The predicted molar refractivity (Wildman–Crippen MR) is 92.1 cm³/mol. The fraction of sp³-hybridized carbons (Fsp3) is 0.556. The molecule has 3 rings (SSSR count). The summed E-state index contributed by atoms with van der Waals surface area (Å²) in [7, 11) is 0. The third-order valence-corrected chi connectivity index (χ3v) is 6.37. The Labute approximate surface area is 131 Å². The number of hydrogen-bond donors (Lipinski definition) is 1. The first kappa shape index (κ1) is 15.0. The summed E-state index contributed by atoms with van der Waals surface area (Å²) < 4.78 is 6.51. The fourth-order valence-corrected chi connectivity index (χ4v) is 4.44. The molecule has 0 bridgehead atoms. The summed E-state index contributed by atoms with van der Waals surface area (Å²) in [6.45, 7) is 5.46. The topological polar surface area (TPSA) is 25.2 Å². The fourth-order valence-electron chi connectivity index (χ4n) is 3.51. The summed E-state index contributed by atoms with van der Waals surface area (Å²) in [5.74, 6) is 1.09. The Hall–Kier alpha value is -0.930. The lowest BCUT2D eigenvalue weighted by Gasteiger charge is -2.28. The van der Waals surface area contributed by atoms with Crippen LogP contribution in [0.3, 0.4) is 0 Å². The van der Waals surface area contributed by atoms with Crippen LogP contribution in [-0.4, -0.2) is 17.5 Å². The molecule has 1 saturated carbocycles. The van der Waals surface area contributed by atoms with E-state index in [0.29, 0.717) is 4.75 Å². The molecule has 0 saturated heterocycles. The van der Waals surface area contributed by atoms with Gasteiger partial charge < -0.3 is 9.73 Å². The van der Waals surface area contributed by atoms with Crippen LogP contribution in [0.15, 0.2) is 28.7 Å². The van der Waals surface area contributed by atoms with E-state index in [1.807, 2.05) is 17.8 Å². The van der Waals surface area contributed by atoms with Gasteiger partial charge in [0.25, 0.3) is 0 Å². The summed E-state index contributed by atoms with van der Waals surface area (Å²) in [6.07, 6.45) is 7.69. The Morgan fingerprint density at radius 3 is 2.67 bits per heavy atom. The largest absolute Gasteiger partial charge is 0.459 e. The smallest absolute Gasteiger partial charge is 0.134 e. The molecule has 1 N–H and O–H groups in total. The van der Waals surface area contributed by atoms with Gasteiger partial charge in [-0.2, -0.15) is 11.8 Å². The van der Waals surface area contributed by atoms with Gasteiger partial charge in [-0.25, -0.2) is 0 Å². The van der Waals surface area contributed by atoms with Crippen LogP contribution in [0, 0.1) is 6.92 Å². The molecule has 0 amide bonds. The van der Waals surface area contributed by atoms with Gasteiger partial charge in [-0.3, -0.25) is 0 Å². The van der Waals surface area contributed by atoms with E-state index in [9.17, 15) is 0 Å².